The quantitative estimate of drug-likeness (QED) is 0.438. The molecule has 0 radical (unpaired) electrons. The summed E-state index contributed by atoms with van der Waals surface area (Å²) in [5.74, 6) is 1.72. The Hall–Kier alpha value is -2.08. The molecule has 2 aromatic rings. The number of aromatic nitrogens is 1. The van der Waals surface area contributed by atoms with Crippen molar-refractivity contribution in [1.29, 1.82) is 0 Å². The minimum Gasteiger partial charge on any atom is -0.491 e. The van der Waals surface area contributed by atoms with Crippen molar-refractivity contribution in [1.82, 2.24) is 15.6 Å². The van der Waals surface area contributed by atoms with E-state index in [9.17, 15) is 0 Å². The second kappa shape index (κ2) is 9.93. The smallest absolute Gasteiger partial charge is 0.191 e. The van der Waals surface area contributed by atoms with Crippen molar-refractivity contribution in [2.24, 2.45) is 4.99 Å². The van der Waals surface area contributed by atoms with Crippen LogP contribution >= 0.6 is 11.3 Å². The monoisotopic (exact) mass is 346 g/mol. The van der Waals surface area contributed by atoms with Crippen molar-refractivity contribution in [2.45, 2.75) is 26.7 Å². The molecule has 0 aliphatic heterocycles. The van der Waals surface area contributed by atoms with Crippen LogP contribution in [0, 0.1) is 6.92 Å². The van der Waals surface area contributed by atoms with Gasteiger partial charge in [0, 0.05) is 31.1 Å². The molecular weight excluding hydrogens is 320 g/mol. The zero-order valence-corrected chi connectivity index (χ0v) is 15.4. The first-order chi connectivity index (χ1) is 11.7. The molecule has 2 rings (SSSR count). The highest BCUT2D eigenvalue weighted by atomic mass is 32.1. The molecule has 1 aromatic carbocycles. The third-order valence-corrected chi connectivity index (χ3v) is 4.75. The molecule has 0 bridgehead atoms. The Bertz CT molecular complexity index is 654. The lowest BCUT2D eigenvalue weighted by Gasteiger charge is -2.13. The molecule has 0 fully saturated rings. The van der Waals surface area contributed by atoms with Gasteiger partial charge in [0.15, 0.2) is 5.96 Å². The Labute approximate surface area is 148 Å². The average Bonchev–Trinajstić information content (AvgIpc) is 3.06. The maximum absolute atomic E-state index is 5.77. The van der Waals surface area contributed by atoms with E-state index in [0.29, 0.717) is 13.2 Å². The minimum absolute atomic E-state index is 0.595. The van der Waals surface area contributed by atoms with E-state index in [1.807, 2.05) is 37.4 Å². The number of para-hydroxylation sites is 1. The van der Waals surface area contributed by atoms with Gasteiger partial charge >= 0.3 is 0 Å². The van der Waals surface area contributed by atoms with Crippen LogP contribution in [0.4, 0.5) is 0 Å². The zero-order valence-electron chi connectivity index (χ0n) is 14.6. The molecule has 0 saturated carbocycles. The highest BCUT2D eigenvalue weighted by Crippen LogP contribution is 2.15. The molecule has 1 aromatic heterocycles. The molecule has 0 spiro atoms. The molecule has 5 nitrogen and oxygen atoms in total. The van der Waals surface area contributed by atoms with Crippen LogP contribution in [0.25, 0.3) is 0 Å². The predicted molar refractivity (Wildman–Crippen MR) is 101 cm³/mol. The van der Waals surface area contributed by atoms with E-state index < -0.39 is 0 Å². The van der Waals surface area contributed by atoms with E-state index >= 15 is 0 Å². The summed E-state index contributed by atoms with van der Waals surface area (Å²) >= 11 is 1.78. The summed E-state index contributed by atoms with van der Waals surface area (Å²) in [4.78, 5) is 9.98. The molecule has 2 N–H and O–H groups in total. The lowest BCUT2D eigenvalue weighted by atomic mass is 10.2. The number of ether oxygens (including phenoxy) is 1. The molecule has 130 valence electrons. The van der Waals surface area contributed by atoms with Crippen molar-refractivity contribution in [3.8, 4) is 5.75 Å². The summed E-state index contributed by atoms with van der Waals surface area (Å²) in [6, 6.07) is 8.03. The van der Waals surface area contributed by atoms with Crippen LogP contribution in [0.1, 0.15) is 22.4 Å². The van der Waals surface area contributed by atoms with Gasteiger partial charge in [-0.15, -0.1) is 11.3 Å². The van der Waals surface area contributed by atoms with E-state index in [1.165, 1.54) is 4.88 Å². The van der Waals surface area contributed by atoms with E-state index in [2.05, 4.69) is 27.5 Å². The summed E-state index contributed by atoms with van der Waals surface area (Å²) < 4.78 is 5.77. The molecule has 6 heteroatoms. The normalized spacial score (nSPS) is 11.4. The van der Waals surface area contributed by atoms with Crippen molar-refractivity contribution >= 4 is 17.3 Å². The van der Waals surface area contributed by atoms with Crippen molar-refractivity contribution < 1.29 is 4.74 Å². The molecule has 0 amide bonds. The molecule has 24 heavy (non-hydrogen) atoms. The Morgan fingerprint density at radius 2 is 2.04 bits per heavy atom. The lowest BCUT2D eigenvalue weighted by Crippen LogP contribution is -2.40. The van der Waals surface area contributed by atoms with Gasteiger partial charge in [-0.3, -0.25) is 4.99 Å². The van der Waals surface area contributed by atoms with Crippen molar-refractivity contribution in [3.63, 3.8) is 0 Å². The largest absolute Gasteiger partial charge is 0.491 e. The third-order valence-electron chi connectivity index (χ3n) is 3.55. The van der Waals surface area contributed by atoms with Gasteiger partial charge in [-0.25, -0.2) is 4.98 Å². The van der Waals surface area contributed by atoms with Gasteiger partial charge in [-0.05, 0) is 25.0 Å². The van der Waals surface area contributed by atoms with E-state index in [0.717, 1.165) is 41.7 Å². The molecule has 1 heterocycles. The maximum Gasteiger partial charge on any atom is 0.191 e. The number of nitrogens with one attached hydrogen (secondary N) is 2. The Kier molecular flexibility index (Phi) is 7.55. The Balaban J connectivity index is 1.64. The number of benzene rings is 1. The molecule has 0 atom stereocenters. The number of guanidine groups is 1. The zero-order chi connectivity index (χ0) is 17.2. The van der Waals surface area contributed by atoms with Gasteiger partial charge in [-0.1, -0.05) is 25.1 Å². The standard InChI is InChI=1S/C18H26N4OS/c1-4-15-13-22-17(24-15)9-10-20-18(19-3)21-11-12-23-16-8-6-5-7-14(16)2/h5-8,13H,4,9-12H2,1-3H3,(H2,19,20,21). The first kappa shape index (κ1) is 18.3. The first-order valence-electron chi connectivity index (χ1n) is 8.29. The molecular formula is C18H26N4OS. The summed E-state index contributed by atoms with van der Waals surface area (Å²) in [5, 5.41) is 7.73. The van der Waals surface area contributed by atoms with Gasteiger partial charge in [-0.2, -0.15) is 0 Å². The number of aryl methyl sites for hydroxylation is 2. The highest BCUT2D eigenvalue weighted by molar-refractivity contribution is 7.11. The maximum atomic E-state index is 5.77. The Morgan fingerprint density at radius 1 is 1.25 bits per heavy atom. The van der Waals surface area contributed by atoms with E-state index in [1.54, 1.807) is 18.4 Å². The van der Waals surface area contributed by atoms with Crippen LogP contribution in [0.5, 0.6) is 5.75 Å². The summed E-state index contributed by atoms with van der Waals surface area (Å²) in [5.41, 5.74) is 1.15. The van der Waals surface area contributed by atoms with Gasteiger partial charge in [0.2, 0.25) is 0 Å². The van der Waals surface area contributed by atoms with E-state index in [4.69, 9.17) is 4.74 Å². The van der Waals surface area contributed by atoms with Gasteiger partial charge < -0.3 is 15.4 Å². The van der Waals surface area contributed by atoms with Crippen LogP contribution in [-0.2, 0) is 12.8 Å². The van der Waals surface area contributed by atoms with E-state index in [-0.39, 0.29) is 0 Å². The number of aliphatic imine (C=N–C) groups is 1. The fraction of sp³-hybridized carbons (Fsp3) is 0.444. The fourth-order valence-corrected chi connectivity index (χ4v) is 3.05. The highest BCUT2D eigenvalue weighted by Gasteiger charge is 2.02. The summed E-state index contributed by atoms with van der Waals surface area (Å²) in [6.45, 7) is 6.31. The number of hydrogen-bond acceptors (Lipinski definition) is 4. The number of hydrogen-bond donors (Lipinski definition) is 2. The summed E-state index contributed by atoms with van der Waals surface area (Å²) in [7, 11) is 1.77. The van der Waals surface area contributed by atoms with Gasteiger partial charge in [0.05, 0.1) is 11.6 Å². The van der Waals surface area contributed by atoms with Gasteiger partial charge in [0.1, 0.15) is 12.4 Å². The second-order valence-electron chi connectivity index (χ2n) is 5.36. The number of nitrogens with zero attached hydrogens (tertiary/aromatic N) is 2. The molecule has 0 unspecified atom stereocenters. The van der Waals surface area contributed by atoms with Crippen LogP contribution in [0.3, 0.4) is 0 Å². The third kappa shape index (κ3) is 5.85. The van der Waals surface area contributed by atoms with Crippen LogP contribution < -0.4 is 15.4 Å². The first-order valence-corrected chi connectivity index (χ1v) is 9.11. The number of rotatable bonds is 8. The SMILES string of the molecule is CCc1cnc(CCNC(=NC)NCCOc2ccccc2C)s1. The number of thiazole rings is 1. The van der Waals surface area contributed by atoms with Crippen LogP contribution in [-0.4, -0.2) is 37.7 Å². The topological polar surface area (TPSA) is 58.5 Å². The summed E-state index contributed by atoms with van der Waals surface area (Å²) in [6.07, 6.45) is 3.93. The predicted octanol–water partition coefficient (Wildman–Crippen LogP) is 2.80. The minimum atomic E-state index is 0.595. The lowest BCUT2D eigenvalue weighted by molar-refractivity contribution is 0.320. The van der Waals surface area contributed by atoms with Crippen molar-refractivity contribution in [2.75, 3.05) is 26.7 Å². The molecule has 0 aliphatic rings. The van der Waals surface area contributed by atoms with Crippen LogP contribution in [0.15, 0.2) is 35.5 Å². The average molecular weight is 347 g/mol. The van der Waals surface area contributed by atoms with Crippen molar-refractivity contribution in [3.05, 3.63) is 45.9 Å². The molecule has 0 aliphatic carbocycles. The molecule has 0 saturated heterocycles. The second-order valence-corrected chi connectivity index (χ2v) is 6.56. The van der Waals surface area contributed by atoms with Crippen LogP contribution in [0.2, 0.25) is 0 Å². The fourth-order valence-electron chi connectivity index (χ4n) is 2.18. The Morgan fingerprint density at radius 3 is 2.75 bits per heavy atom. The van der Waals surface area contributed by atoms with Gasteiger partial charge in [0.25, 0.3) is 0 Å².